The summed E-state index contributed by atoms with van der Waals surface area (Å²) in [4.78, 5) is 6.74. The van der Waals surface area contributed by atoms with Crippen LogP contribution in [-0.2, 0) is 0 Å². The first-order valence-electron chi connectivity index (χ1n) is 6.21. The minimum atomic E-state index is 0.336. The van der Waals surface area contributed by atoms with Crippen LogP contribution in [0.25, 0.3) is 0 Å². The maximum absolute atomic E-state index is 6.03. The molecule has 2 heterocycles. The first-order valence-corrected chi connectivity index (χ1v) is 7.20. The molecule has 0 aliphatic carbocycles. The van der Waals surface area contributed by atoms with Gasteiger partial charge in [0.15, 0.2) is 5.82 Å². The average Bonchev–Trinajstić information content (AvgIpc) is 2.51. The number of aromatic nitrogens is 1. The third-order valence-corrected chi connectivity index (χ3v) is 4.60. The summed E-state index contributed by atoms with van der Waals surface area (Å²) in [6.45, 7) is 6.57. The van der Waals surface area contributed by atoms with Gasteiger partial charge >= 0.3 is 0 Å². The van der Waals surface area contributed by atoms with Gasteiger partial charge in [-0.3, -0.25) is 0 Å². The molecule has 1 saturated heterocycles. The van der Waals surface area contributed by atoms with Crippen molar-refractivity contribution in [3.8, 4) is 5.88 Å². The number of nitrogens with zero attached hydrogens (tertiary/aromatic N) is 2. The molecule has 0 radical (unpaired) electrons. The van der Waals surface area contributed by atoms with Gasteiger partial charge in [0.1, 0.15) is 0 Å². The summed E-state index contributed by atoms with van der Waals surface area (Å²) < 4.78 is 5.51. The van der Waals surface area contributed by atoms with Crippen molar-refractivity contribution in [3.63, 3.8) is 0 Å². The van der Waals surface area contributed by atoms with Gasteiger partial charge in [-0.05, 0) is 12.5 Å². The zero-order valence-corrected chi connectivity index (χ0v) is 12.1. The molecule has 1 aromatic heterocycles. The SMILES string of the molecule is COc1ccc(N)c(N2CCSC(C)(C)CC2)n1. The second-order valence-corrected chi connectivity index (χ2v) is 6.91. The van der Waals surface area contributed by atoms with Gasteiger partial charge in [-0.2, -0.15) is 16.7 Å². The Labute approximate surface area is 113 Å². The van der Waals surface area contributed by atoms with Crippen molar-refractivity contribution in [1.29, 1.82) is 0 Å². The van der Waals surface area contributed by atoms with Gasteiger partial charge in [0, 0.05) is 29.7 Å². The fourth-order valence-corrected chi connectivity index (χ4v) is 3.14. The first-order chi connectivity index (χ1) is 8.52. The number of anilines is 2. The van der Waals surface area contributed by atoms with Crippen LogP contribution >= 0.6 is 11.8 Å². The summed E-state index contributed by atoms with van der Waals surface area (Å²) >= 11 is 2.01. The van der Waals surface area contributed by atoms with Gasteiger partial charge in [-0.25, -0.2) is 0 Å². The fraction of sp³-hybridized carbons (Fsp3) is 0.615. The Morgan fingerprint density at radius 2 is 2.17 bits per heavy atom. The highest BCUT2D eigenvalue weighted by molar-refractivity contribution is 8.00. The van der Waals surface area contributed by atoms with E-state index in [1.165, 1.54) is 0 Å². The second kappa shape index (κ2) is 5.26. The molecule has 0 unspecified atom stereocenters. The van der Waals surface area contributed by atoms with E-state index in [0.717, 1.165) is 36.8 Å². The van der Waals surface area contributed by atoms with Crippen molar-refractivity contribution in [1.82, 2.24) is 4.98 Å². The molecule has 1 aliphatic rings. The zero-order chi connectivity index (χ0) is 13.2. The molecular weight excluding hydrogens is 246 g/mol. The van der Waals surface area contributed by atoms with Crippen LogP contribution in [0.4, 0.5) is 11.5 Å². The molecule has 2 rings (SSSR count). The Morgan fingerprint density at radius 3 is 2.89 bits per heavy atom. The summed E-state index contributed by atoms with van der Waals surface area (Å²) in [5.41, 5.74) is 6.75. The molecule has 0 aromatic carbocycles. The lowest BCUT2D eigenvalue weighted by molar-refractivity contribution is 0.398. The number of thioether (sulfide) groups is 1. The average molecular weight is 267 g/mol. The lowest BCUT2D eigenvalue weighted by Gasteiger charge is -2.24. The summed E-state index contributed by atoms with van der Waals surface area (Å²) in [6, 6.07) is 3.67. The standard InChI is InChI=1S/C13H21N3OS/c1-13(2)6-7-16(8-9-18-13)12-10(14)4-5-11(15-12)17-3/h4-5H,6-9,14H2,1-3H3. The van der Waals surface area contributed by atoms with E-state index in [1.54, 1.807) is 13.2 Å². The van der Waals surface area contributed by atoms with Crippen LogP contribution in [0.15, 0.2) is 12.1 Å². The van der Waals surface area contributed by atoms with Crippen molar-refractivity contribution in [2.24, 2.45) is 0 Å². The second-order valence-electron chi connectivity index (χ2n) is 5.11. The Kier molecular flexibility index (Phi) is 3.90. The molecule has 1 fully saturated rings. The predicted octanol–water partition coefficient (Wildman–Crippen LogP) is 2.39. The molecule has 18 heavy (non-hydrogen) atoms. The maximum Gasteiger partial charge on any atom is 0.215 e. The molecule has 5 heteroatoms. The van der Waals surface area contributed by atoms with E-state index in [9.17, 15) is 0 Å². The zero-order valence-electron chi connectivity index (χ0n) is 11.3. The van der Waals surface area contributed by atoms with Gasteiger partial charge in [0.25, 0.3) is 0 Å². The van der Waals surface area contributed by atoms with E-state index in [-0.39, 0.29) is 0 Å². The Bertz CT molecular complexity index is 423. The number of nitrogen functional groups attached to an aromatic ring is 1. The number of nitrogens with two attached hydrogens (primary N) is 1. The lowest BCUT2D eigenvalue weighted by Crippen LogP contribution is -2.28. The minimum absolute atomic E-state index is 0.336. The van der Waals surface area contributed by atoms with E-state index >= 15 is 0 Å². The highest BCUT2D eigenvalue weighted by Crippen LogP contribution is 2.33. The molecule has 100 valence electrons. The molecular formula is C13H21N3OS. The smallest absolute Gasteiger partial charge is 0.215 e. The quantitative estimate of drug-likeness (QED) is 0.891. The summed E-state index contributed by atoms with van der Waals surface area (Å²) in [5.74, 6) is 2.58. The van der Waals surface area contributed by atoms with Gasteiger partial charge in [-0.15, -0.1) is 0 Å². The summed E-state index contributed by atoms with van der Waals surface area (Å²) in [7, 11) is 1.63. The van der Waals surface area contributed by atoms with Gasteiger partial charge in [0.2, 0.25) is 5.88 Å². The van der Waals surface area contributed by atoms with E-state index in [0.29, 0.717) is 10.6 Å². The van der Waals surface area contributed by atoms with Crippen molar-refractivity contribution in [2.75, 3.05) is 36.6 Å². The molecule has 4 nitrogen and oxygen atoms in total. The Hall–Kier alpha value is -1.10. The molecule has 0 spiro atoms. The van der Waals surface area contributed by atoms with Gasteiger partial charge in [-0.1, -0.05) is 13.8 Å². The number of rotatable bonds is 2. The topological polar surface area (TPSA) is 51.4 Å². The van der Waals surface area contributed by atoms with Crippen LogP contribution in [0.5, 0.6) is 5.88 Å². The van der Waals surface area contributed by atoms with Crippen LogP contribution in [0.2, 0.25) is 0 Å². The van der Waals surface area contributed by atoms with Gasteiger partial charge < -0.3 is 15.4 Å². The number of ether oxygens (including phenoxy) is 1. The summed E-state index contributed by atoms with van der Waals surface area (Å²) in [5, 5.41) is 0. The summed E-state index contributed by atoms with van der Waals surface area (Å²) in [6.07, 6.45) is 1.13. The number of hydrogen-bond donors (Lipinski definition) is 1. The first kappa shape index (κ1) is 13.3. The molecule has 0 amide bonds. The van der Waals surface area contributed by atoms with Crippen molar-refractivity contribution < 1.29 is 4.74 Å². The molecule has 1 aliphatic heterocycles. The minimum Gasteiger partial charge on any atom is -0.481 e. The predicted molar refractivity (Wildman–Crippen MR) is 78.6 cm³/mol. The van der Waals surface area contributed by atoms with Crippen LogP contribution < -0.4 is 15.4 Å². The highest BCUT2D eigenvalue weighted by Gasteiger charge is 2.25. The molecule has 0 atom stereocenters. The van der Waals surface area contributed by atoms with E-state index in [2.05, 4.69) is 23.7 Å². The van der Waals surface area contributed by atoms with E-state index in [1.807, 2.05) is 17.8 Å². The molecule has 1 aromatic rings. The van der Waals surface area contributed by atoms with Crippen LogP contribution in [0.3, 0.4) is 0 Å². The maximum atomic E-state index is 6.03. The van der Waals surface area contributed by atoms with Gasteiger partial charge in [0.05, 0.1) is 12.8 Å². The largest absolute Gasteiger partial charge is 0.481 e. The number of methoxy groups -OCH3 is 1. The molecule has 0 saturated carbocycles. The third-order valence-electron chi connectivity index (χ3n) is 3.23. The number of hydrogen-bond acceptors (Lipinski definition) is 5. The third kappa shape index (κ3) is 3.02. The van der Waals surface area contributed by atoms with Crippen molar-refractivity contribution in [3.05, 3.63) is 12.1 Å². The van der Waals surface area contributed by atoms with Crippen molar-refractivity contribution >= 4 is 23.3 Å². The van der Waals surface area contributed by atoms with E-state index in [4.69, 9.17) is 10.5 Å². The lowest BCUT2D eigenvalue weighted by atomic mass is 10.1. The Morgan fingerprint density at radius 1 is 1.39 bits per heavy atom. The molecule has 0 bridgehead atoms. The van der Waals surface area contributed by atoms with Crippen LogP contribution in [-0.4, -0.2) is 35.7 Å². The van der Waals surface area contributed by atoms with Crippen LogP contribution in [0.1, 0.15) is 20.3 Å². The van der Waals surface area contributed by atoms with Crippen molar-refractivity contribution in [2.45, 2.75) is 25.0 Å². The normalized spacial score (nSPS) is 19.4. The van der Waals surface area contributed by atoms with E-state index < -0.39 is 0 Å². The highest BCUT2D eigenvalue weighted by atomic mass is 32.2. The monoisotopic (exact) mass is 267 g/mol. The number of pyridine rings is 1. The molecule has 2 N–H and O–H groups in total. The fourth-order valence-electron chi connectivity index (χ4n) is 2.04. The Balaban J connectivity index is 2.20. The van der Waals surface area contributed by atoms with Crippen LogP contribution in [0, 0.1) is 0 Å².